The Morgan fingerprint density at radius 1 is 0.882 bits per heavy atom. The Bertz CT molecular complexity index is 1240. The van der Waals surface area contributed by atoms with E-state index in [2.05, 4.69) is 17.4 Å². The van der Waals surface area contributed by atoms with Gasteiger partial charge in [-0.25, -0.2) is 4.79 Å². The quantitative estimate of drug-likeness (QED) is 0.400. The van der Waals surface area contributed by atoms with Crippen LogP contribution < -0.4 is 15.4 Å². The van der Waals surface area contributed by atoms with Crippen LogP contribution in [0.25, 0.3) is 0 Å². The molecule has 1 fully saturated rings. The van der Waals surface area contributed by atoms with Gasteiger partial charge in [0.15, 0.2) is 0 Å². The molecule has 8 nitrogen and oxygen atoms in total. The second-order valence-electron chi connectivity index (χ2n) is 7.85. The van der Waals surface area contributed by atoms with E-state index in [1.165, 1.54) is 18.2 Å². The molecule has 0 radical (unpaired) electrons. The molecule has 3 aromatic carbocycles. The Hall–Kier alpha value is -4.46. The van der Waals surface area contributed by atoms with Gasteiger partial charge in [-0.15, -0.1) is 0 Å². The first kappa shape index (κ1) is 22.7. The number of hydrogen-bond donors (Lipinski definition) is 2. The zero-order valence-corrected chi connectivity index (χ0v) is 18.5. The lowest BCUT2D eigenvalue weighted by Gasteiger charge is -2.14. The Labute approximate surface area is 196 Å². The highest BCUT2D eigenvalue weighted by Crippen LogP contribution is 2.22. The maximum Gasteiger partial charge on any atom is 0.331 e. The van der Waals surface area contributed by atoms with Crippen molar-refractivity contribution in [3.05, 3.63) is 101 Å². The minimum Gasteiger partial charge on any atom is -0.496 e. The summed E-state index contributed by atoms with van der Waals surface area (Å²) in [6.45, 7) is 0.183. The first-order chi connectivity index (χ1) is 16.4. The highest BCUT2D eigenvalue weighted by molar-refractivity contribution is 6.44. The standard InChI is InChI=1S/C26H23N3O5/c1-34-22-12-11-20(16-29-25(32)24(31)28-26(29)33)14-21(22)23(30)27-15-19-9-7-18(8-10-19)13-17-5-3-2-4-6-17/h2-12,14H,13,15-16H2,1H3,(H,27,30)(H,28,31,33). The number of amides is 5. The molecule has 1 heterocycles. The SMILES string of the molecule is COc1ccc(CN2C(=O)NC(=O)C2=O)cc1C(=O)NCc1ccc(Cc2ccccc2)cc1. The molecule has 5 amide bonds. The van der Waals surface area contributed by atoms with Crippen molar-refractivity contribution in [2.75, 3.05) is 7.11 Å². The van der Waals surface area contributed by atoms with Gasteiger partial charge in [0.1, 0.15) is 5.75 Å². The van der Waals surface area contributed by atoms with E-state index in [1.807, 2.05) is 47.8 Å². The number of ether oxygens (including phenoxy) is 1. The van der Waals surface area contributed by atoms with Gasteiger partial charge in [0.05, 0.1) is 19.2 Å². The zero-order chi connectivity index (χ0) is 24.1. The van der Waals surface area contributed by atoms with Crippen LogP contribution in [0, 0.1) is 0 Å². The summed E-state index contributed by atoms with van der Waals surface area (Å²) in [4.78, 5) is 48.7. The molecule has 3 aromatic rings. The van der Waals surface area contributed by atoms with Crippen LogP contribution in [0.5, 0.6) is 5.75 Å². The van der Waals surface area contributed by atoms with Gasteiger partial charge in [0.2, 0.25) is 0 Å². The highest BCUT2D eigenvalue weighted by atomic mass is 16.5. The van der Waals surface area contributed by atoms with Gasteiger partial charge in [-0.3, -0.25) is 24.6 Å². The van der Waals surface area contributed by atoms with E-state index in [9.17, 15) is 19.2 Å². The van der Waals surface area contributed by atoms with Gasteiger partial charge in [-0.1, -0.05) is 60.7 Å². The molecule has 1 aliphatic heterocycles. The van der Waals surface area contributed by atoms with Crippen molar-refractivity contribution in [2.45, 2.75) is 19.5 Å². The molecule has 0 atom stereocenters. The van der Waals surface area contributed by atoms with E-state index in [0.717, 1.165) is 16.9 Å². The molecule has 0 aromatic heterocycles. The molecule has 172 valence electrons. The fourth-order valence-corrected chi connectivity index (χ4v) is 3.67. The van der Waals surface area contributed by atoms with E-state index in [-0.39, 0.29) is 18.0 Å². The van der Waals surface area contributed by atoms with Gasteiger partial charge < -0.3 is 10.1 Å². The van der Waals surface area contributed by atoms with Gasteiger partial charge >= 0.3 is 17.8 Å². The summed E-state index contributed by atoms with van der Waals surface area (Å²) in [5.74, 6) is -1.90. The molecular weight excluding hydrogens is 434 g/mol. The van der Waals surface area contributed by atoms with E-state index in [4.69, 9.17) is 4.74 Å². The van der Waals surface area contributed by atoms with Gasteiger partial charge in [0, 0.05) is 6.54 Å². The third-order valence-corrected chi connectivity index (χ3v) is 5.48. The number of imide groups is 2. The monoisotopic (exact) mass is 457 g/mol. The molecule has 0 unspecified atom stereocenters. The van der Waals surface area contributed by atoms with Crippen LogP contribution in [0.15, 0.2) is 72.8 Å². The second kappa shape index (κ2) is 9.99. The lowest BCUT2D eigenvalue weighted by atomic mass is 10.0. The number of urea groups is 1. The van der Waals surface area contributed by atoms with Crippen LogP contribution in [0.1, 0.15) is 32.6 Å². The molecule has 8 heteroatoms. The minimum absolute atomic E-state index is 0.135. The predicted octanol–water partition coefficient (Wildman–Crippen LogP) is 2.79. The van der Waals surface area contributed by atoms with Crippen molar-refractivity contribution in [3.63, 3.8) is 0 Å². The number of carbonyl (C=O) groups excluding carboxylic acids is 4. The molecule has 0 bridgehead atoms. The second-order valence-corrected chi connectivity index (χ2v) is 7.85. The Balaban J connectivity index is 1.41. The Morgan fingerprint density at radius 3 is 2.18 bits per heavy atom. The highest BCUT2D eigenvalue weighted by Gasteiger charge is 2.36. The molecule has 34 heavy (non-hydrogen) atoms. The number of hydrogen-bond acceptors (Lipinski definition) is 5. The molecule has 0 spiro atoms. The van der Waals surface area contributed by atoms with Crippen molar-refractivity contribution < 1.29 is 23.9 Å². The van der Waals surface area contributed by atoms with Gasteiger partial charge in [-0.05, 0) is 40.8 Å². The summed E-state index contributed by atoms with van der Waals surface area (Å²) >= 11 is 0. The molecule has 1 aliphatic rings. The van der Waals surface area contributed by atoms with Crippen molar-refractivity contribution in [1.29, 1.82) is 0 Å². The van der Waals surface area contributed by atoms with Crippen molar-refractivity contribution in [1.82, 2.24) is 15.5 Å². The molecular formula is C26H23N3O5. The number of carbonyl (C=O) groups is 4. The summed E-state index contributed by atoms with van der Waals surface area (Å²) in [6.07, 6.45) is 0.834. The molecule has 0 saturated carbocycles. The fourth-order valence-electron chi connectivity index (χ4n) is 3.67. The normalized spacial score (nSPS) is 13.1. The van der Waals surface area contributed by atoms with E-state index < -0.39 is 17.8 Å². The summed E-state index contributed by atoms with van der Waals surface area (Å²) in [5, 5.41) is 4.82. The van der Waals surface area contributed by atoms with Gasteiger partial charge in [0.25, 0.3) is 5.91 Å². The van der Waals surface area contributed by atoms with Crippen LogP contribution in [0.4, 0.5) is 4.79 Å². The largest absolute Gasteiger partial charge is 0.496 e. The number of nitrogens with zero attached hydrogens (tertiary/aromatic N) is 1. The zero-order valence-electron chi connectivity index (χ0n) is 18.5. The fraction of sp³-hybridized carbons (Fsp3) is 0.154. The van der Waals surface area contributed by atoms with Crippen LogP contribution in [-0.4, -0.2) is 35.8 Å². The van der Waals surface area contributed by atoms with E-state index in [1.54, 1.807) is 18.2 Å². The molecule has 1 saturated heterocycles. The third-order valence-electron chi connectivity index (χ3n) is 5.48. The lowest BCUT2D eigenvalue weighted by molar-refractivity contribution is -0.140. The molecule has 2 N–H and O–H groups in total. The Morgan fingerprint density at radius 2 is 1.53 bits per heavy atom. The molecule has 0 aliphatic carbocycles. The van der Waals surface area contributed by atoms with Gasteiger partial charge in [-0.2, -0.15) is 0 Å². The minimum atomic E-state index is -0.966. The third kappa shape index (κ3) is 5.12. The number of methoxy groups -OCH3 is 1. The number of benzene rings is 3. The van der Waals surface area contributed by atoms with Crippen LogP contribution in [-0.2, 0) is 29.1 Å². The van der Waals surface area contributed by atoms with Crippen LogP contribution in [0.2, 0.25) is 0 Å². The van der Waals surface area contributed by atoms with E-state index in [0.29, 0.717) is 17.9 Å². The summed E-state index contributed by atoms with van der Waals surface area (Å²) in [6, 6.07) is 22.2. The van der Waals surface area contributed by atoms with Crippen LogP contribution in [0.3, 0.4) is 0 Å². The van der Waals surface area contributed by atoms with Crippen molar-refractivity contribution in [3.8, 4) is 5.75 Å². The molecule has 4 rings (SSSR count). The van der Waals surface area contributed by atoms with Crippen molar-refractivity contribution in [2.24, 2.45) is 0 Å². The topological polar surface area (TPSA) is 105 Å². The average Bonchev–Trinajstić information content (AvgIpc) is 3.09. The number of rotatable bonds is 8. The first-order valence-electron chi connectivity index (χ1n) is 10.7. The predicted molar refractivity (Wildman–Crippen MR) is 124 cm³/mol. The van der Waals surface area contributed by atoms with Crippen LogP contribution >= 0.6 is 0 Å². The summed E-state index contributed by atoms with van der Waals surface area (Å²) in [5.41, 5.74) is 4.12. The Kier molecular flexibility index (Phi) is 6.68. The average molecular weight is 457 g/mol. The smallest absolute Gasteiger partial charge is 0.331 e. The first-order valence-corrected chi connectivity index (χ1v) is 10.7. The maximum absolute atomic E-state index is 12.9. The maximum atomic E-state index is 12.9. The summed E-state index contributed by atoms with van der Waals surface area (Å²) in [7, 11) is 1.45. The number of nitrogens with one attached hydrogen (secondary N) is 2. The summed E-state index contributed by atoms with van der Waals surface area (Å²) < 4.78 is 5.30. The van der Waals surface area contributed by atoms with Crippen molar-refractivity contribution >= 4 is 23.8 Å². The van der Waals surface area contributed by atoms with E-state index >= 15 is 0 Å². The lowest BCUT2D eigenvalue weighted by Crippen LogP contribution is -2.30.